The van der Waals surface area contributed by atoms with Crippen LogP contribution in [-0.4, -0.2) is 87.9 Å². The number of amides is 2. The van der Waals surface area contributed by atoms with Crippen molar-refractivity contribution in [2.45, 2.75) is 57.2 Å². The smallest absolute Gasteiger partial charge is 0.475 e. The van der Waals surface area contributed by atoms with Gasteiger partial charge in [-0.2, -0.15) is 13.2 Å². The summed E-state index contributed by atoms with van der Waals surface area (Å²) in [5, 5.41) is 7.12. The lowest BCUT2D eigenvalue weighted by atomic mass is 9.76. The van der Waals surface area contributed by atoms with Crippen molar-refractivity contribution in [1.29, 1.82) is 0 Å². The van der Waals surface area contributed by atoms with Gasteiger partial charge in [0, 0.05) is 44.8 Å². The lowest BCUT2D eigenvalue weighted by Crippen LogP contribution is -2.52. The molecule has 0 aromatic carbocycles. The molecule has 2 aliphatic carbocycles. The van der Waals surface area contributed by atoms with Crippen LogP contribution >= 0.6 is 0 Å². The molecular weight excluding hydrogens is 491 g/mol. The Labute approximate surface area is 213 Å². The molecule has 1 N–H and O–H groups in total. The number of aromatic nitrogens is 1. The van der Waals surface area contributed by atoms with Crippen LogP contribution in [0.5, 0.6) is 0 Å². The van der Waals surface area contributed by atoms with Crippen LogP contribution in [0.25, 0.3) is 0 Å². The highest BCUT2D eigenvalue weighted by Gasteiger charge is 2.50. The van der Waals surface area contributed by atoms with Gasteiger partial charge >= 0.3 is 12.1 Å². The minimum atomic E-state index is -5.08. The number of carbonyl (C=O) groups excluding carboxylic acids is 2. The van der Waals surface area contributed by atoms with E-state index in [0.29, 0.717) is 18.8 Å². The van der Waals surface area contributed by atoms with Crippen LogP contribution in [0.4, 0.5) is 19.0 Å². The minimum absolute atomic E-state index is 0.0258. The van der Waals surface area contributed by atoms with Crippen LogP contribution in [0.1, 0.15) is 45.4 Å². The molecule has 37 heavy (non-hydrogen) atoms. The van der Waals surface area contributed by atoms with Gasteiger partial charge < -0.3 is 14.9 Å². The van der Waals surface area contributed by atoms with Gasteiger partial charge in [0.1, 0.15) is 17.2 Å². The molecule has 3 fully saturated rings. The molecule has 2 amide bonds. The fourth-order valence-electron chi connectivity index (χ4n) is 5.21. The van der Waals surface area contributed by atoms with Crippen LogP contribution in [0.15, 0.2) is 29.4 Å². The standard InChI is InChI=1S/C23H31N5O2.C2HF3O2/c1-17-25-23(22(30)28(17)16-18-5-6-18)9-7-19(8-10-23)21(29)27-14-12-26(13-15-27)20-4-2-3-11-24-20;3-2(4,5)1(6)7/h2-4,11,18-19H,5-10,12-16H2,1H3;(H,6,7). The fraction of sp³-hybridized carbons (Fsp3) is 0.640. The van der Waals surface area contributed by atoms with Crippen molar-refractivity contribution >= 4 is 29.4 Å². The molecule has 0 atom stereocenters. The summed E-state index contributed by atoms with van der Waals surface area (Å²) in [6.07, 6.45) is 2.12. The summed E-state index contributed by atoms with van der Waals surface area (Å²) in [4.78, 5) is 50.5. The Morgan fingerprint density at radius 1 is 1.08 bits per heavy atom. The van der Waals surface area contributed by atoms with E-state index in [1.807, 2.05) is 41.1 Å². The van der Waals surface area contributed by atoms with Gasteiger partial charge in [-0.3, -0.25) is 19.5 Å². The molecule has 1 saturated heterocycles. The zero-order chi connectivity index (χ0) is 26.8. The van der Waals surface area contributed by atoms with E-state index in [1.165, 1.54) is 12.8 Å². The van der Waals surface area contributed by atoms with Crippen molar-refractivity contribution in [3.05, 3.63) is 24.4 Å². The average Bonchev–Trinajstić information content (AvgIpc) is 3.68. The van der Waals surface area contributed by atoms with E-state index < -0.39 is 17.7 Å². The number of alkyl halides is 3. The number of aliphatic imine (C=N–C) groups is 1. The number of carboxylic acid groups (broad SMARTS) is 1. The van der Waals surface area contributed by atoms with Crippen molar-refractivity contribution in [1.82, 2.24) is 14.8 Å². The zero-order valence-corrected chi connectivity index (χ0v) is 20.8. The second-order valence-corrected chi connectivity index (χ2v) is 10.1. The Morgan fingerprint density at radius 3 is 2.22 bits per heavy atom. The SMILES string of the molecule is CC1=NC2(CCC(C(=O)N3CCN(c4ccccn4)CC3)CC2)C(=O)N1CC1CC1.O=C(O)C(F)(F)F. The van der Waals surface area contributed by atoms with E-state index in [1.54, 1.807) is 0 Å². The van der Waals surface area contributed by atoms with Gasteiger partial charge in [-0.1, -0.05) is 6.07 Å². The lowest BCUT2D eigenvalue weighted by Gasteiger charge is -2.39. The molecule has 1 aromatic heterocycles. The normalized spacial score (nSPS) is 26.1. The number of carbonyl (C=O) groups is 3. The summed E-state index contributed by atoms with van der Waals surface area (Å²) in [6, 6.07) is 5.94. The van der Waals surface area contributed by atoms with E-state index in [9.17, 15) is 22.8 Å². The Bertz CT molecular complexity index is 1030. The first-order chi connectivity index (χ1) is 17.5. The van der Waals surface area contributed by atoms with Crippen LogP contribution in [-0.2, 0) is 14.4 Å². The number of anilines is 1. The van der Waals surface area contributed by atoms with Crippen LogP contribution < -0.4 is 4.90 Å². The molecule has 0 unspecified atom stereocenters. The number of pyridine rings is 1. The monoisotopic (exact) mass is 523 g/mol. The maximum atomic E-state index is 13.1. The molecule has 1 spiro atoms. The Kier molecular flexibility index (Phi) is 7.75. The highest BCUT2D eigenvalue weighted by atomic mass is 19.4. The molecule has 3 heterocycles. The molecular formula is C25H32F3N5O4. The summed E-state index contributed by atoms with van der Waals surface area (Å²) in [5.74, 6) is 0.228. The number of amidine groups is 1. The minimum Gasteiger partial charge on any atom is -0.475 e. The summed E-state index contributed by atoms with van der Waals surface area (Å²) in [5.41, 5.74) is -0.590. The number of halogens is 3. The van der Waals surface area contributed by atoms with Crippen molar-refractivity contribution in [2.75, 3.05) is 37.6 Å². The average molecular weight is 524 g/mol. The van der Waals surface area contributed by atoms with Gasteiger partial charge in [-0.25, -0.2) is 9.78 Å². The molecule has 9 nitrogen and oxygen atoms in total. The molecule has 4 aliphatic rings. The lowest BCUT2D eigenvalue weighted by molar-refractivity contribution is -0.192. The first kappa shape index (κ1) is 26.9. The molecule has 2 saturated carbocycles. The zero-order valence-electron chi connectivity index (χ0n) is 20.8. The van der Waals surface area contributed by atoms with Crippen molar-refractivity contribution in [3.8, 4) is 0 Å². The number of piperazine rings is 1. The van der Waals surface area contributed by atoms with Crippen LogP contribution in [0.3, 0.4) is 0 Å². The number of hydrogen-bond acceptors (Lipinski definition) is 6. The molecule has 2 aliphatic heterocycles. The number of carboxylic acids is 1. The van der Waals surface area contributed by atoms with Crippen molar-refractivity contribution < 1.29 is 32.7 Å². The predicted molar refractivity (Wildman–Crippen MR) is 129 cm³/mol. The third-order valence-corrected chi connectivity index (χ3v) is 7.52. The topological polar surface area (TPSA) is 106 Å². The van der Waals surface area contributed by atoms with Crippen LogP contribution in [0, 0.1) is 11.8 Å². The maximum absolute atomic E-state index is 13.1. The van der Waals surface area contributed by atoms with Gasteiger partial charge in [0.05, 0.1) is 0 Å². The summed E-state index contributed by atoms with van der Waals surface area (Å²) >= 11 is 0. The Balaban J connectivity index is 0.000000405. The van der Waals surface area contributed by atoms with E-state index in [4.69, 9.17) is 14.9 Å². The van der Waals surface area contributed by atoms with Crippen LogP contribution in [0.2, 0.25) is 0 Å². The summed E-state index contributed by atoms with van der Waals surface area (Å²) < 4.78 is 31.7. The largest absolute Gasteiger partial charge is 0.490 e. The Hall–Kier alpha value is -3.18. The summed E-state index contributed by atoms with van der Waals surface area (Å²) in [7, 11) is 0. The molecule has 5 rings (SSSR count). The van der Waals surface area contributed by atoms with E-state index in [0.717, 1.165) is 57.2 Å². The van der Waals surface area contributed by atoms with Crippen molar-refractivity contribution in [3.63, 3.8) is 0 Å². The molecule has 0 radical (unpaired) electrons. The molecule has 0 bridgehead atoms. The number of hydrogen-bond donors (Lipinski definition) is 1. The highest BCUT2D eigenvalue weighted by Crippen LogP contribution is 2.42. The third kappa shape index (κ3) is 6.22. The first-order valence-electron chi connectivity index (χ1n) is 12.6. The van der Waals surface area contributed by atoms with Gasteiger partial charge in [0.25, 0.3) is 5.91 Å². The highest BCUT2D eigenvalue weighted by molar-refractivity contribution is 6.07. The number of rotatable bonds is 4. The van der Waals surface area contributed by atoms with E-state index in [2.05, 4.69) is 9.88 Å². The molecule has 1 aromatic rings. The second kappa shape index (κ2) is 10.7. The fourth-order valence-corrected chi connectivity index (χ4v) is 5.21. The third-order valence-electron chi connectivity index (χ3n) is 7.52. The number of aliphatic carboxylic acids is 1. The molecule has 12 heteroatoms. The van der Waals surface area contributed by atoms with Gasteiger partial charge in [-0.15, -0.1) is 0 Å². The maximum Gasteiger partial charge on any atom is 0.490 e. The number of nitrogens with zero attached hydrogens (tertiary/aromatic N) is 5. The van der Waals surface area contributed by atoms with E-state index in [-0.39, 0.29) is 17.7 Å². The van der Waals surface area contributed by atoms with Gasteiger partial charge in [0.2, 0.25) is 5.91 Å². The van der Waals surface area contributed by atoms with Gasteiger partial charge in [0.15, 0.2) is 0 Å². The second-order valence-electron chi connectivity index (χ2n) is 10.1. The summed E-state index contributed by atoms with van der Waals surface area (Å²) in [6.45, 7) is 5.91. The van der Waals surface area contributed by atoms with Gasteiger partial charge in [-0.05, 0) is 63.5 Å². The quantitative estimate of drug-likeness (QED) is 0.651. The Morgan fingerprint density at radius 2 is 1.70 bits per heavy atom. The van der Waals surface area contributed by atoms with E-state index >= 15 is 0 Å². The predicted octanol–water partition coefficient (Wildman–Crippen LogP) is 2.96. The molecule has 202 valence electrons. The van der Waals surface area contributed by atoms with Crippen molar-refractivity contribution in [2.24, 2.45) is 16.8 Å². The first-order valence-corrected chi connectivity index (χ1v) is 12.6.